The summed E-state index contributed by atoms with van der Waals surface area (Å²) >= 11 is 0. The van der Waals surface area contributed by atoms with E-state index in [2.05, 4.69) is 144 Å². The van der Waals surface area contributed by atoms with E-state index in [1.165, 1.54) is 44.5 Å². The van der Waals surface area contributed by atoms with Gasteiger partial charge >= 0.3 is 0 Å². The Labute approximate surface area is 400 Å². The zero-order valence-electron chi connectivity index (χ0n) is 45.5. The smallest absolute Gasteiger partial charge is 0.0725 e. The molecule has 1 nitrogen and oxygen atoms in total. The Balaban J connectivity index is 0.908. The third-order valence-electron chi connectivity index (χ3n) is 13.5. The molecule has 0 radical (unpaired) electrons. The second kappa shape index (κ2) is 15.3. The van der Waals surface area contributed by atoms with Crippen molar-refractivity contribution in [2.24, 2.45) is 0 Å². The number of fused-ring (bicyclic) bond motifs is 11. The second-order valence-corrected chi connectivity index (χ2v) is 16.8. The van der Waals surface area contributed by atoms with Gasteiger partial charge in [0.15, 0.2) is 0 Å². The minimum absolute atomic E-state index is 0.101. The third-order valence-corrected chi connectivity index (χ3v) is 13.5. The first kappa shape index (κ1) is 29.0. The van der Waals surface area contributed by atoms with Crippen molar-refractivity contribution in [3.05, 3.63) is 283 Å². The Hall–Kier alpha value is -8.52. The maximum Gasteiger partial charge on any atom is 0.0725 e. The van der Waals surface area contributed by atoms with Crippen molar-refractivity contribution in [3.63, 3.8) is 0 Å². The molecular formula is C65H43N. The maximum atomic E-state index is 8.66. The fourth-order valence-corrected chi connectivity index (χ4v) is 10.6. The summed E-state index contributed by atoms with van der Waals surface area (Å²) in [4.78, 5) is 2.06. The molecule has 2 aliphatic rings. The first-order chi connectivity index (χ1) is 36.9. The van der Waals surface area contributed by atoms with Crippen LogP contribution in [0.15, 0.2) is 261 Å². The average molecular weight is 848 g/mol. The highest BCUT2D eigenvalue weighted by atomic mass is 15.1. The monoisotopic (exact) mass is 847 g/mol. The van der Waals surface area contributed by atoms with E-state index in [0.717, 1.165) is 38.7 Å². The van der Waals surface area contributed by atoms with Crippen LogP contribution in [0.5, 0.6) is 0 Å². The molecule has 0 amide bonds. The van der Waals surface area contributed by atoms with Crippen LogP contribution in [0.4, 0.5) is 17.1 Å². The van der Waals surface area contributed by atoms with E-state index >= 15 is 0 Å². The van der Waals surface area contributed by atoms with Crippen LogP contribution < -0.4 is 4.90 Å². The summed E-state index contributed by atoms with van der Waals surface area (Å²) < 4.78 is 84.1. The van der Waals surface area contributed by atoms with Crippen molar-refractivity contribution in [1.29, 1.82) is 0 Å². The van der Waals surface area contributed by atoms with E-state index in [4.69, 9.17) is 13.7 Å². The largest absolute Gasteiger partial charge is 0.310 e. The first-order valence-corrected chi connectivity index (χ1v) is 22.1. The van der Waals surface area contributed by atoms with Crippen LogP contribution in [0.1, 0.15) is 36.0 Å². The molecule has 0 unspecified atom stereocenters. The molecule has 0 N–H and O–H groups in total. The Morgan fingerprint density at radius 2 is 0.682 bits per heavy atom. The minimum atomic E-state index is -0.457. The lowest BCUT2D eigenvalue weighted by molar-refractivity contribution is 0.794. The number of hydrogen-bond acceptors (Lipinski definition) is 1. The lowest BCUT2D eigenvalue weighted by atomic mass is 9.70. The number of rotatable bonds is 7. The SMILES string of the molecule is [2H]c1c([2H])c([2H])c(-c2ccc(N(c3ccc(-c4c([2H])c([2H])c([2H])c([2H])c4[2H])cc3)c3ccc(-c4ccc(-c5ccc6c(c5)C5(c7ccccc7-c7ccccc75)c5ccccc5-6)cc4)c4ccccc34)cc2)c([2H])c1[2H]. The Bertz CT molecular complexity index is 3990. The highest BCUT2D eigenvalue weighted by Gasteiger charge is 2.51. The highest BCUT2D eigenvalue weighted by molar-refractivity contribution is 6.06. The van der Waals surface area contributed by atoms with E-state index in [1.54, 1.807) is 24.3 Å². The summed E-state index contributed by atoms with van der Waals surface area (Å²) in [5.41, 5.74) is 17.5. The predicted octanol–water partition coefficient (Wildman–Crippen LogP) is 17.3. The normalized spacial score (nSPS) is 14.8. The van der Waals surface area contributed by atoms with Crippen molar-refractivity contribution >= 4 is 27.8 Å². The van der Waals surface area contributed by atoms with Gasteiger partial charge in [-0.25, -0.2) is 0 Å². The van der Waals surface area contributed by atoms with Crippen LogP contribution in [0.2, 0.25) is 0 Å². The minimum Gasteiger partial charge on any atom is -0.310 e. The molecule has 0 aromatic heterocycles. The molecule has 0 atom stereocenters. The molecule has 0 fully saturated rings. The van der Waals surface area contributed by atoms with Crippen molar-refractivity contribution in [2.75, 3.05) is 4.90 Å². The number of nitrogens with zero attached hydrogens (tertiary/aromatic N) is 1. The van der Waals surface area contributed by atoms with Gasteiger partial charge in [-0.2, -0.15) is 0 Å². The lowest BCUT2D eigenvalue weighted by Crippen LogP contribution is -2.25. The molecule has 1 spiro atoms. The molecule has 66 heavy (non-hydrogen) atoms. The van der Waals surface area contributed by atoms with Gasteiger partial charge in [-0.15, -0.1) is 0 Å². The molecule has 2 aliphatic carbocycles. The molecule has 0 heterocycles. The molecule has 13 rings (SSSR count). The van der Waals surface area contributed by atoms with Gasteiger partial charge in [0.25, 0.3) is 0 Å². The van der Waals surface area contributed by atoms with Gasteiger partial charge in [-0.05, 0) is 131 Å². The molecule has 308 valence electrons. The van der Waals surface area contributed by atoms with Gasteiger partial charge in [0.1, 0.15) is 0 Å². The topological polar surface area (TPSA) is 3.24 Å². The van der Waals surface area contributed by atoms with Crippen molar-refractivity contribution < 1.29 is 13.7 Å². The maximum absolute atomic E-state index is 8.66. The van der Waals surface area contributed by atoms with Crippen LogP contribution in [-0.2, 0) is 5.41 Å². The number of anilines is 3. The average Bonchev–Trinajstić information content (AvgIpc) is 4.18. The summed E-state index contributed by atoms with van der Waals surface area (Å²) in [5, 5.41) is 1.94. The first-order valence-electron chi connectivity index (χ1n) is 27.1. The van der Waals surface area contributed by atoms with Gasteiger partial charge in [-0.3, -0.25) is 0 Å². The van der Waals surface area contributed by atoms with Crippen LogP contribution in [0, 0.1) is 0 Å². The fourth-order valence-electron chi connectivity index (χ4n) is 10.6. The van der Waals surface area contributed by atoms with Crippen LogP contribution >= 0.6 is 0 Å². The van der Waals surface area contributed by atoms with Crippen molar-refractivity contribution in [1.82, 2.24) is 0 Å². The summed E-state index contributed by atoms with van der Waals surface area (Å²) in [5.74, 6) is 0. The Morgan fingerprint density at radius 1 is 0.288 bits per heavy atom. The van der Waals surface area contributed by atoms with Gasteiger partial charge in [0, 0.05) is 16.8 Å². The number of hydrogen-bond donors (Lipinski definition) is 0. The predicted molar refractivity (Wildman–Crippen MR) is 277 cm³/mol. The summed E-state index contributed by atoms with van der Waals surface area (Å²) in [6, 6.07) is 65.3. The molecule has 11 aromatic rings. The van der Waals surface area contributed by atoms with Gasteiger partial charge in [0.05, 0.1) is 24.8 Å². The van der Waals surface area contributed by atoms with E-state index in [-0.39, 0.29) is 35.3 Å². The van der Waals surface area contributed by atoms with Crippen molar-refractivity contribution in [3.8, 4) is 66.8 Å². The Morgan fingerprint density at radius 3 is 1.21 bits per heavy atom. The molecule has 11 aromatic carbocycles. The summed E-state index contributed by atoms with van der Waals surface area (Å²) in [6.07, 6.45) is 0. The van der Waals surface area contributed by atoms with Crippen LogP contribution in [-0.4, -0.2) is 0 Å². The van der Waals surface area contributed by atoms with Crippen LogP contribution in [0.25, 0.3) is 77.5 Å². The van der Waals surface area contributed by atoms with Crippen LogP contribution in [0.3, 0.4) is 0 Å². The van der Waals surface area contributed by atoms with E-state index in [1.807, 2.05) is 36.4 Å². The number of benzene rings is 11. The van der Waals surface area contributed by atoms with E-state index in [9.17, 15) is 0 Å². The highest BCUT2D eigenvalue weighted by Crippen LogP contribution is 2.63. The summed E-state index contributed by atoms with van der Waals surface area (Å²) in [6.45, 7) is 0. The third kappa shape index (κ3) is 5.87. The molecular weight excluding hydrogens is 795 g/mol. The van der Waals surface area contributed by atoms with Crippen molar-refractivity contribution in [2.45, 2.75) is 5.41 Å². The molecule has 0 saturated heterocycles. The van der Waals surface area contributed by atoms with Gasteiger partial charge < -0.3 is 4.90 Å². The van der Waals surface area contributed by atoms with E-state index in [0.29, 0.717) is 22.5 Å². The molecule has 0 saturated carbocycles. The fraction of sp³-hybridized carbons (Fsp3) is 0.0154. The molecule has 0 aliphatic heterocycles. The quantitative estimate of drug-likeness (QED) is 0.154. The van der Waals surface area contributed by atoms with Gasteiger partial charge in [-0.1, -0.05) is 224 Å². The Kier molecular flexibility index (Phi) is 6.74. The second-order valence-electron chi connectivity index (χ2n) is 16.8. The zero-order valence-corrected chi connectivity index (χ0v) is 35.5. The standard InChI is InChI=1S/C65H43N/c1-3-15-44(16-4-1)46-31-36-51(37-32-46)66(52-38-33-47(34-39-52)45-17-5-2-6-18-45)64-42-41-53(54-19-7-8-23-59(54)64)49-29-27-48(28-30-49)50-35-40-58-57-22-11-14-26-62(57)65(63(58)43-50)60-24-12-9-20-55(60)56-21-10-13-25-61(56)65/h1-43H/i1D,2D,3D,4D,5D,6D,15D,16D,17D,18D. The summed E-state index contributed by atoms with van der Waals surface area (Å²) in [7, 11) is 0. The van der Waals surface area contributed by atoms with E-state index < -0.39 is 41.7 Å². The molecule has 0 bridgehead atoms. The zero-order chi connectivity index (χ0) is 52.3. The van der Waals surface area contributed by atoms with Gasteiger partial charge in [0.2, 0.25) is 0 Å². The molecule has 1 heteroatoms. The lowest BCUT2D eigenvalue weighted by Gasteiger charge is -2.30.